The normalized spacial score (nSPS) is 14.0. The van der Waals surface area contributed by atoms with Crippen LogP contribution in [0.4, 0.5) is 15.8 Å². The van der Waals surface area contributed by atoms with Crippen molar-refractivity contribution in [1.82, 2.24) is 0 Å². The Morgan fingerprint density at radius 1 is 1.12 bits per heavy atom. The molecule has 1 heterocycles. The number of carbonyl (C=O) groups excluding carboxylic acids is 1. The Hall–Kier alpha value is -2.36. The van der Waals surface area contributed by atoms with Gasteiger partial charge >= 0.3 is 0 Å². The van der Waals surface area contributed by atoms with Crippen LogP contribution >= 0.6 is 0 Å². The highest BCUT2D eigenvalue weighted by Crippen LogP contribution is 2.25. The minimum Gasteiger partial charge on any atom is -0.371 e. The number of hydrogen-bond acceptors (Lipinski definition) is 2. The van der Waals surface area contributed by atoms with Gasteiger partial charge in [0.2, 0.25) is 5.91 Å². The first kappa shape index (κ1) is 16.5. The number of benzene rings is 2. The van der Waals surface area contributed by atoms with Crippen LogP contribution in [-0.2, 0) is 11.2 Å². The summed E-state index contributed by atoms with van der Waals surface area (Å²) in [5.41, 5.74) is 4.59. The summed E-state index contributed by atoms with van der Waals surface area (Å²) in [6.45, 7) is 5.89. The van der Waals surface area contributed by atoms with E-state index in [1.54, 1.807) is 0 Å². The Kier molecular flexibility index (Phi) is 4.84. The summed E-state index contributed by atoms with van der Waals surface area (Å²) in [5.74, 6) is -0.442. The third kappa shape index (κ3) is 3.94. The van der Waals surface area contributed by atoms with Crippen LogP contribution in [0.3, 0.4) is 0 Å². The van der Waals surface area contributed by atoms with E-state index in [1.807, 2.05) is 38.1 Å². The van der Waals surface area contributed by atoms with Crippen LogP contribution in [0.5, 0.6) is 0 Å². The lowest BCUT2D eigenvalue weighted by Crippen LogP contribution is -2.19. The fourth-order valence-corrected chi connectivity index (χ4v) is 3.17. The highest BCUT2D eigenvalue weighted by atomic mass is 19.1. The average Bonchev–Trinajstić information content (AvgIpc) is 3.04. The number of halogens is 1. The molecule has 2 aromatic carbocycles. The van der Waals surface area contributed by atoms with Gasteiger partial charge in [0.05, 0.1) is 6.42 Å². The second-order valence-corrected chi connectivity index (χ2v) is 6.55. The van der Waals surface area contributed by atoms with E-state index in [0.29, 0.717) is 12.1 Å². The van der Waals surface area contributed by atoms with Gasteiger partial charge in [-0.05, 0) is 56.0 Å². The van der Waals surface area contributed by atoms with Gasteiger partial charge in [-0.3, -0.25) is 4.79 Å². The molecule has 0 saturated carbocycles. The predicted molar refractivity (Wildman–Crippen MR) is 96.1 cm³/mol. The summed E-state index contributed by atoms with van der Waals surface area (Å²) in [7, 11) is 0. The molecule has 1 aliphatic heterocycles. The summed E-state index contributed by atoms with van der Waals surface area (Å²) in [6, 6.07) is 10.8. The van der Waals surface area contributed by atoms with Crippen LogP contribution in [0.15, 0.2) is 36.4 Å². The first-order chi connectivity index (χ1) is 11.5. The van der Waals surface area contributed by atoms with Gasteiger partial charge in [-0.2, -0.15) is 0 Å². The van der Waals surface area contributed by atoms with Crippen molar-refractivity contribution in [3.63, 3.8) is 0 Å². The van der Waals surface area contributed by atoms with Crippen molar-refractivity contribution < 1.29 is 9.18 Å². The van der Waals surface area contributed by atoms with Crippen molar-refractivity contribution in [1.29, 1.82) is 0 Å². The monoisotopic (exact) mass is 326 g/mol. The first-order valence-electron chi connectivity index (χ1n) is 8.43. The molecule has 3 rings (SSSR count). The van der Waals surface area contributed by atoms with Crippen molar-refractivity contribution in [3.8, 4) is 0 Å². The molecule has 3 nitrogen and oxygen atoms in total. The number of nitrogens with zero attached hydrogens (tertiary/aromatic N) is 1. The molecule has 0 atom stereocenters. The van der Waals surface area contributed by atoms with E-state index in [-0.39, 0.29) is 11.7 Å². The summed E-state index contributed by atoms with van der Waals surface area (Å²) in [5, 5.41) is 2.84. The van der Waals surface area contributed by atoms with Crippen LogP contribution in [0, 0.1) is 19.7 Å². The molecule has 2 aromatic rings. The Bertz CT molecular complexity index is 751. The van der Waals surface area contributed by atoms with Crippen molar-refractivity contribution in [2.24, 2.45) is 0 Å². The molecule has 4 heteroatoms. The molecule has 1 aliphatic rings. The third-order valence-corrected chi connectivity index (χ3v) is 4.49. The van der Waals surface area contributed by atoms with E-state index < -0.39 is 0 Å². The fourth-order valence-electron chi connectivity index (χ4n) is 3.17. The van der Waals surface area contributed by atoms with Gasteiger partial charge in [0.1, 0.15) is 5.82 Å². The lowest BCUT2D eigenvalue weighted by molar-refractivity contribution is -0.115. The molecule has 1 amide bonds. The maximum Gasteiger partial charge on any atom is 0.228 e. The molecule has 0 unspecified atom stereocenters. The molecular formula is C20H23FN2O. The molecule has 126 valence electrons. The number of nitrogens with one attached hydrogen (secondary N) is 1. The van der Waals surface area contributed by atoms with Crippen molar-refractivity contribution in [3.05, 3.63) is 58.9 Å². The van der Waals surface area contributed by atoms with E-state index in [4.69, 9.17) is 0 Å². The Morgan fingerprint density at radius 2 is 1.88 bits per heavy atom. The largest absolute Gasteiger partial charge is 0.371 e. The van der Waals surface area contributed by atoms with Crippen LogP contribution in [0.25, 0.3) is 0 Å². The van der Waals surface area contributed by atoms with Gasteiger partial charge in [0.15, 0.2) is 0 Å². The topological polar surface area (TPSA) is 32.3 Å². The molecule has 0 spiro atoms. The van der Waals surface area contributed by atoms with Gasteiger partial charge in [-0.1, -0.05) is 23.8 Å². The Labute approximate surface area is 142 Å². The van der Waals surface area contributed by atoms with E-state index in [0.717, 1.165) is 48.3 Å². The minimum absolute atomic E-state index is 0.123. The molecule has 0 radical (unpaired) electrons. The number of amides is 1. The van der Waals surface area contributed by atoms with Crippen LogP contribution in [0.2, 0.25) is 0 Å². The molecule has 0 aromatic heterocycles. The molecule has 1 N–H and O–H groups in total. The van der Waals surface area contributed by atoms with E-state index in [2.05, 4.69) is 10.2 Å². The number of hydrogen-bond donors (Lipinski definition) is 1. The van der Waals surface area contributed by atoms with Crippen LogP contribution in [-0.4, -0.2) is 19.0 Å². The SMILES string of the molecule is Cc1ccc(C)c(CC(=O)Nc2cc(F)cc(N3CCCC3)c2)c1. The van der Waals surface area contributed by atoms with Crippen molar-refractivity contribution in [2.45, 2.75) is 33.1 Å². The van der Waals surface area contributed by atoms with Gasteiger partial charge in [0, 0.05) is 24.5 Å². The number of carbonyl (C=O) groups is 1. The van der Waals surface area contributed by atoms with E-state index >= 15 is 0 Å². The maximum atomic E-state index is 13.9. The molecule has 24 heavy (non-hydrogen) atoms. The lowest BCUT2D eigenvalue weighted by atomic mass is 10.0. The van der Waals surface area contributed by atoms with Gasteiger partial charge in [0.25, 0.3) is 0 Å². The number of aryl methyl sites for hydroxylation is 2. The Morgan fingerprint density at radius 3 is 2.62 bits per heavy atom. The second kappa shape index (κ2) is 7.04. The summed E-state index contributed by atoms with van der Waals surface area (Å²) in [6.07, 6.45) is 2.55. The van der Waals surface area contributed by atoms with Crippen molar-refractivity contribution in [2.75, 3.05) is 23.3 Å². The zero-order valence-electron chi connectivity index (χ0n) is 14.2. The number of rotatable bonds is 4. The number of anilines is 2. The minimum atomic E-state index is -0.318. The molecule has 1 saturated heterocycles. The van der Waals surface area contributed by atoms with E-state index in [9.17, 15) is 9.18 Å². The van der Waals surface area contributed by atoms with Crippen molar-refractivity contribution >= 4 is 17.3 Å². The quantitative estimate of drug-likeness (QED) is 0.912. The zero-order valence-corrected chi connectivity index (χ0v) is 14.2. The highest BCUT2D eigenvalue weighted by molar-refractivity contribution is 5.93. The van der Waals surface area contributed by atoms with Gasteiger partial charge in [-0.15, -0.1) is 0 Å². The standard InChI is InChI=1S/C20H23FN2O/c1-14-5-6-15(2)16(9-14)10-20(24)22-18-11-17(21)12-19(13-18)23-7-3-4-8-23/h5-6,9,11-13H,3-4,7-8,10H2,1-2H3,(H,22,24). The average molecular weight is 326 g/mol. The van der Waals surface area contributed by atoms with Gasteiger partial charge < -0.3 is 10.2 Å². The van der Waals surface area contributed by atoms with E-state index in [1.165, 1.54) is 12.1 Å². The van der Waals surface area contributed by atoms with Gasteiger partial charge in [-0.25, -0.2) is 4.39 Å². The highest BCUT2D eigenvalue weighted by Gasteiger charge is 2.15. The van der Waals surface area contributed by atoms with Crippen LogP contribution < -0.4 is 10.2 Å². The fraction of sp³-hybridized carbons (Fsp3) is 0.350. The smallest absolute Gasteiger partial charge is 0.228 e. The third-order valence-electron chi connectivity index (χ3n) is 4.49. The zero-order chi connectivity index (χ0) is 17.1. The molecular weight excluding hydrogens is 303 g/mol. The lowest BCUT2D eigenvalue weighted by Gasteiger charge is -2.19. The summed E-state index contributed by atoms with van der Waals surface area (Å²) < 4.78 is 13.9. The second-order valence-electron chi connectivity index (χ2n) is 6.55. The summed E-state index contributed by atoms with van der Waals surface area (Å²) >= 11 is 0. The van der Waals surface area contributed by atoms with Crippen LogP contribution in [0.1, 0.15) is 29.5 Å². The molecule has 0 aliphatic carbocycles. The molecule has 1 fully saturated rings. The summed E-state index contributed by atoms with van der Waals surface area (Å²) in [4.78, 5) is 14.5. The maximum absolute atomic E-state index is 13.9. The first-order valence-corrected chi connectivity index (χ1v) is 8.43. The predicted octanol–water partition coefficient (Wildman–Crippen LogP) is 4.22. The molecule has 0 bridgehead atoms. The Balaban J connectivity index is 1.73.